The number of rotatable bonds is 0. The maximum absolute atomic E-state index is 10.8. The topological polar surface area (TPSA) is 17.1 Å². The molecule has 3 heteroatoms. The highest BCUT2D eigenvalue weighted by atomic mass is 32.2. The van der Waals surface area contributed by atoms with Crippen molar-refractivity contribution in [3.63, 3.8) is 0 Å². The van der Waals surface area contributed by atoms with Crippen LogP contribution in [0.4, 0.5) is 4.79 Å². The molecule has 0 unspecified atom stereocenters. The van der Waals surface area contributed by atoms with Crippen molar-refractivity contribution < 1.29 is 4.79 Å². The molecule has 0 aromatic heterocycles. The zero-order chi connectivity index (χ0) is 6.53. The molecule has 0 aliphatic carbocycles. The molecule has 0 aromatic carbocycles. The van der Waals surface area contributed by atoms with Crippen LogP contribution < -0.4 is 0 Å². The molecular formula is C6H10OS2. The molecule has 1 aliphatic rings. The van der Waals surface area contributed by atoms with Gasteiger partial charge in [-0.2, -0.15) is 0 Å². The zero-order valence-corrected chi connectivity index (χ0v) is 6.89. The van der Waals surface area contributed by atoms with Gasteiger partial charge in [0.2, 0.25) is 4.45 Å². The average Bonchev–Trinajstić information content (AvgIpc) is 1.79. The molecule has 1 fully saturated rings. The van der Waals surface area contributed by atoms with E-state index in [0.717, 1.165) is 11.5 Å². The zero-order valence-electron chi connectivity index (χ0n) is 5.26. The maximum Gasteiger partial charge on any atom is 0.246 e. The van der Waals surface area contributed by atoms with E-state index in [9.17, 15) is 4.79 Å². The SMILES string of the molecule is O=C1SCCCCCS1. The summed E-state index contributed by atoms with van der Waals surface area (Å²) in [5, 5.41) is 0. The van der Waals surface area contributed by atoms with Crippen molar-refractivity contribution >= 4 is 28.0 Å². The van der Waals surface area contributed by atoms with Gasteiger partial charge >= 0.3 is 0 Å². The van der Waals surface area contributed by atoms with Crippen LogP contribution in [-0.2, 0) is 0 Å². The third kappa shape index (κ3) is 3.16. The summed E-state index contributed by atoms with van der Waals surface area (Å²) >= 11 is 2.95. The fraction of sp³-hybridized carbons (Fsp3) is 0.833. The van der Waals surface area contributed by atoms with Gasteiger partial charge in [-0.15, -0.1) is 0 Å². The van der Waals surface area contributed by atoms with Gasteiger partial charge in [0.15, 0.2) is 0 Å². The third-order valence-electron chi connectivity index (χ3n) is 1.23. The molecule has 0 spiro atoms. The van der Waals surface area contributed by atoms with E-state index in [1.165, 1.54) is 42.8 Å². The van der Waals surface area contributed by atoms with Crippen molar-refractivity contribution in [1.82, 2.24) is 0 Å². The molecule has 0 aromatic rings. The van der Waals surface area contributed by atoms with Gasteiger partial charge in [-0.1, -0.05) is 29.9 Å². The monoisotopic (exact) mass is 162 g/mol. The molecule has 9 heavy (non-hydrogen) atoms. The lowest BCUT2D eigenvalue weighted by Crippen LogP contribution is -1.93. The van der Waals surface area contributed by atoms with Crippen molar-refractivity contribution in [3.05, 3.63) is 0 Å². The third-order valence-corrected chi connectivity index (χ3v) is 3.39. The van der Waals surface area contributed by atoms with Gasteiger partial charge in [-0.25, -0.2) is 0 Å². The van der Waals surface area contributed by atoms with Crippen LogP contribution in [0.3, 0.4) is 0 Å². The van der Waals surface area contributed by atoms with Crippen molar-refractivity contribution in [2.45, 2.75) is 19.3 Å². The Labute approximate surface area is 64.0 Å². The largest absolute Gasteiger partial charge is 0.274 e. The summed E-state index contributed by atoms with van der Waals surface area (Å²) in [5.41, 5.74) is 0. The van der Waals surface area contributed by atoms with E-state index in [1.54, 1.807) is 0 Å². The van der Waals surface area contributed by atoms with Crippen molar-refractivity contribution in [2.75, 3.05) is 11.5 Å². The lowest BCUT2D eigenvalue weighted by atomic mass is 10.3. The molecule has 0 bridgehead atoms. The second-order valence-corrected chi connectivity index (χ2v) is 4.40. The first-order valence-electron chi connectivity index (χ1n) is 3.19. The summed E-state index contributed by atoms with van der Waals surface area (Å²) < 4.78 is 0.315. The first kappa shape index (κ1) is 7.48. The molecule has 0 amide bonds. The summed E-state index contributed by atoms with van der Waals surface area (Å²) in [4.78, 5) is 10.8. The molecule has 0 radical (unpaired) electrons. The van der Waals surface area contributed by atoms with E-state index in [4.69, 9.17) is 0 Å². The Bertz CT molecular complexity index is 93.2. The van der Waals surface area contributed by atoms with Crippen LogP contribution in [0.2, 0.25) is 0 Å². The number of thioether (sulfide) groups is 2. The quantitative estimate of drug-likeness (QED) is 0.545. The van der Waals surface area contributed by atoms with Gasteiger partial charge in [-0.3, -0.25) is 4.79 Å². The molecule has 52 valence electrons. The molecule has 0 atom stereocenters. The van der Waals surface area contributed by atoms with Gasteiger partial charge in [0.25, 0.3) is 0 Å². The standard InChI is InChI=1S/C6H10OS2/c7-6-8-4-2-1-3-5-9-6/h1-5H2. The number of carbonyl (C=O) groups is 1. The Kier molecular flexibility index (Phi) is 3.51. The van der Waals surface area contributed by atoms with Crippen LogP contribution in [0, 0.1) is 0 Å². The molecule has 0 saturated carbocycles. The Hall–Kier alpha value is 0.370. The summed E-state index contributed by atoms with van der Waals surface area (Å²) in [7, 11) is 0. The van der Waals surface area contributed by atoms with Gasteiger partial charge in [-0.05, 0) is 12.8 Å². The second-order valence-electron chi connectivity index (χ2n) is 2.01. The summed E-state index contributed by atoms with van der Waals surface area (Å²) in [6.45, 7) is 0. The molecule has 1 heterocycles. The van der Waals surface area contributed by atoms with Crippen LogP contribution in [0.5, 0.6) is 0 Å². The Morgan fingerprint density at radius 3 is 2.11 bits per heavy atom. The normalized spacial score (nSPS) is 22.9. The highest BCUT2D eigenvalue weighted by Crippen LogP contribution is 2.22. The highest BCUT2D eigenvalue weighted by molar-refractivity contribution is 8.38. The minimum Gasteiger partial charge on any atom is -0.274 e. The molecular weight excluding hydrogens is 152 g/mol. The number of hydrogen-bond donors (Lipinski definition) is 0. The highest BCUT2D eigenvalue weighted by Gasteiger charge is 2.05. The molecule has 1 saturated heterocycles. The fourth-order valence-electron chi connectivity index (χ4n) is 0.734. The second kappa shape index (κ2) is 4.23. The molecule has 1 rings (SSSR count). The van der Waals surface area contributed by atoms with E-state index in [-0.39, 0.29) is 0 Å². The minimum absolute atomic E-state index is 0.315. The minimum atomic E-state index is 0.315. The Morgan fingerprint density at radius 2 is 1.56 bits per heavy atom. The molecule has 0 N–H and O–H groups in total. The van der Waals surface area contributed by atoms with Crippen molar-refractivity contribution in [1.29, 1.82) is 0 Å². The van der Waals surface area contributed by atoms with Crippen molar-refractivity contribution in [3.8, 4) is 0 Å². The van der Waals surface area contributed by atoms with Gasteiger partial charge < -0.3 is 0 Å². The summed E-state index contributed by atoms with van der Waals surface area (Å²) in [6.07, 6.45) is 3.74. The summed E-state index contributed by atoms with van der Waals surface area (Å²) in [5.74, 6) is 2.07. The summed E-state index contributed by atoms with van der Waals surface area (Å²) in [6, 6.07) is 0. The predicted octanol–water partition coefficient (Wildman–Crippen LogP) is 2.76. The van der Waals surface area contributed by atoms with Crippen molar-refractivity contribution in [2.24, 2.45) is 0 Å². The van der Waals surface area contributed by atoms with Crippen LogP contribution >= 0.6 is 23.5 Å². The lowest BCUT2D eigenvalue weighted by Gasteiger charge is -2.04. The van der Waals surface area contributed by atoms with E-state index >= 15 is 0 Å². The Balaban J connectivity index is 2.20. The first-order valence-corrected chi connectivity index (χ1v) is 5.16. The van der Waals surface area contributed by atoms with Gasteiger partial charge in [0.1, 0.15) is 0 Å². The fourth-order valence-corrected chi connectivity index (χ4v) is 2.60. The van der Waals surface area contributed by atoms with Crippen LogP contribution in [0.1, 0.15) is 19.3 Å². The van der Waals surface area contributed by atoms with E-state index in [1.807, 2.05) is 0 Å². The van der Waals surface area contributed by atoms with Gasteiger partial charge in [0, 0.05) is 11.5 Å². The van der Waals surface area contributed by atoms with Crippen LogP contribution in [-0.4, -0.2) is 16.0 Å². The number of carbonyl (C=O) groups excluding carboxylic acids is 1. The Morgan fingerprint density at radius 1 is 1.00 bits per heavy atom. The van der Waals surface area contributed by atoms with Crippen LogP contribution in [0.15, 0.2) is 0 Å². The van der Waals surface area contributed by atoms with E-state index in [2.05, 4.69) is 0 Å². The first-order chi connectivity index (χ1) is 4.39. The van der Waals surface area contributed by atoms with Gasteiger partial charge in [0.05, 0.1) is 0 Å². The lowest BCUT2D eigenvalue weighted by molar-refractivity contribution is 0.276. The maximum atomic E-state index is 10.8. The molecule has 1 aliphatic heterocycles. The number of hydrogen-bond acceptors (Lipinski definition) is 3. The average molecular weight is 162 g/mol. The van der Waals surface area contributed by atoms with Crippen LogP contribution in [0.25, 0.3) is 0 Å². The van der Waals surface area contributed by atoms with E-state index < -0.39 is 0 Å². The molecule has 1 nitrogen and oxygen atoms in total. The smallest absolute Gasteiger partial charge is 0.246 e. The predicted molar refractivity (Wildman–Crippen MR) is 44.2 cm³/mol. The van der Waals surface area contributed by atoms with E-state index in [0.29, 0.717) is 4.45 Å².